The van der Waals surface area contributed by atoms with E-state index in [2.05, 4.69) is 25.7 Å². The van der Waals surface area contributed by atoms with Crippen LogP contribution in [0.2, 0.25) is 0 Å². The number of aliphatic hydroxyl groups excluding tert-OH is 2. The normalized spacial score (nSPS) is 52.1. The van der Waals surface area contributed by atoms with Gasteiger partial charge in [-0.05, 0) is 86.4 Å². The van der Waals surface area contributed by atoms with Gasteiger partial charge in [0.15, 0.2) is 0 Å². The van der Waals surface area contributed by atoms with Gasteiger partial charge in [0, 0.05) is 0 Å². The van der Waals surface area contributed by atoms with Crippen LogP contribution in [0.25, 0.3) is 0 Å². The topological polar surface area (TPSA) is 40.5 Å². The van der Waals surface area contributed by atoms with Crippen LogP contribution >= 0.6 is 0 Å². The van der Waals surface area contributed by atoms with Crippen molar-refractivity contribution in [1.82, 2.24) is 0 Å². The molecule has 2 nitrogen and oxygen atoms in total. The first-order valence-corrected chi connectivity index (χ1v) is 9.68. The van der Waals surface area contributed by atoms with Gasteiger partial charge in [-0.1, -0.05) is 24.6 Å². The van der Waals surface area contributed by atoms with Crippen molar-refractivity contribution in [1.29, 1.82) is 0 Å². The van der Waals surface area contributed by atoms with E-state index in [0.717, 1.165) is 43.9 Å². The Morgan fingerprint density at radius 1 is 1.17 bits per heavy atom. The number of hydrogen-bond acceptors (Lipinski definition) is 2. The average molecular weight is 316 g/mol. The summed E-state index contributed by atoms with van der Waals surface area (Å²) in [4.78, 5) is 0. The lowest BCUT2D eigenvalue weighted by Gasteiger charge is -2.58. The van der Waals surface area contributed by atoms with Crippen molar-refractivity contribution in [3.8, 4) is 0 Å². The van der Waals surface area contributed by atoms with Crippen LogP contribution in [0.15, 0.2) is 24.3 Å². The molecule has 0 aromatic rings. The minimum absolute atomic E-state index is 0.0950. The van der Waals surface area contributed by atoms with E-state index >= 15 is 0 Å². The quantitative estimate of drug-likeness (QED) is 0.749. The Balaban J connectivity index is 1.71. The molecule has 7 atom stereocenters. The summed E-state index contributed by atoms with van der Waals surface area (Å²) in [7, 11) is 0. The lowest BCUT2D eigenvalue weighted by molar-refractivity contribution is -0.0752. The van der Waals surface area contributed by atoms with Crippen LogP contribution in [-0.2, 0) is 0 Å². The number of fused-ring (bicyclic) bond motifs is 5. The molecule has 4 aliphatic rings. The fourth-order valence-corrected chi connectivity index (χ4v) is 7.05. The van der Waals surface area contributed by atoms with Crippen molar-refractivity contribution in [3.63, 3.8) is 0 Å². The molecule has 0 spiro atoms. The maximum atomic E-state index is 10.5. The van der Waals surface area contributed by atoms with Crippen LogP contribution in [0.4, 0.5) is 0 Å². The van der Waals surface area contributed by atoms with Gasteiger partial charge >= 0.3 is 0 Å². The molecule has 4 aliphatic carbocycles. The zero-order chi connectivity index (χ0) is 16.2. The summed E-state index contributed by atoms with van der Waals surface area (Å²) in [6, 6.07) is 0. The molecule has 2 unspecified atom stereocenters. The minimum Gasteiger partial charge on any atom is -0.393 e. The summed E-state index contributed by atoms with van der Waals surface area (Å²) < 4.78 is 0. The van der Waals surface area contributed by atoms with Gasteiger partial charge < -0.3 is 10.2 Å². The zero-order valence-corrected chi connectivity index (χ0v) is 14.5. The molecule has 0 radical (unpaired) electrons. The molecule has 0 aromatic carbocycles. The molecule has 3 fully saturated rings. The second-order valence-corrected chi connectivity index (χ2v) is 9.03. The third-order valence-corrected chi connectivity index (χ3v) is 8.26. The minimum atomic E-state index is -0.141. The molecule has 0 bridgehead atoms. The Labute approximate surface area is 140 Å². The van der Waals surface area contributed by atoms with E-state index in [1.165, 1.54) is 31.3 Å². The van der Waals surface area contributed by atoms with Crippen LogP contribution in [0, 0.1) is 28.6 Å². The van der Waals surface area contributed by atoms with Gasteiger partial charge in [0.05, 0.1) is 12.2 Å². The van der Waals surface area contributed by atoms with E-state index in [0.29, 0.717) is 5.92 Å². The highest BCUT2D eigenvalue weighted by molar-refractivity contribution is 5.27. The Morgan fingerprint density at radius 3 is 2.78 bits per heavy atom. The maximum absolute atomic E-state index is 10.5. The van der Waals surface area contributed by atoms with E-state index < -0.39 is 0 Å². The first-order chi connectivity index (χ1) is 11.0. The number of allylic oxidation sites excluding steroid dienone is 2. The molecule has 0 aliphatic heterocycles. The molecule has 2 N–H and O–H groups in total. The molecule has 4 rings (SSSR count). The van der Waals surface area contributed by atoms with Gasteiger partial charge in [0.1, 0.15) is 0 Å². The Kier molecular flexibility index (Phi) is 3.77. The molecule has 0 heterocycles. The summed E-state index contributed by atoms with van der Waals surface area (Å²) in [6.45, 7) is 6.40. The highest BCUT2D eigenvalue weighted by Crippen LogP contribution is 2.65. The largest absolute Gasteiger partial charge is 0.393 e. The van der Waals surface area contributed by atoms with E-state index in [4.69, 9.17) is 0 Å². The lowest BCUT2D eigenvalue weighted by atomic mass is 9.46. The smallest absolute Gasteiger partial charge is 0.0596 e. The summed E-state index contributed by atoms with van der Waals surface area (Å²) >= 11 is 0. The van der Waals surface area contributed by atoms with Crippen LogP contribution in [0.3, 0.4) is 0 Å². The predicted molar refractivity (Wildman–Crippen MR) is 92.9 cm³/mol. The van der Waals surface area contributed by atoms with Crippen molar-refractivity contribution in [3.05, 3.63) is 24.3 Å². The molecule has 0 aromatic heterocycles. The lowest BCUT2D eigenvalue weighted by Crippen LogP contribution is -2.52. The second kappa shape index (κ2) is 5.46. The van der Waals surface area contributed by atoms with Gasteiger partial charge in [-0.2, -0.15) is 0 Å². The molecule has 128 valence electrons. The fourth-order valence-electron chi connectivity index (χ4n) is 7.05. The van der Waals surface area contributed by atoms with Crippen LogP contribution in [0.5, 0.6) is 0 Å². The SMILES string of the molecule is C=CC[C@]12CCC(O)CC1=CC[C@@H]1[C@H]2CC[C@]2(C)C(O)CC[C@@H]12. The maximum Gasteiger partial charge on any atom is 0.0596 e. The third-order valence-electron chi connectivity index (χ3n) is 8.26. The third kappa shape index (κ3) is 2.14. The van der Waals surface area contributed by atoms with E-state index in [1.54, 1.807) is 0 Å². The molecule has 2 heteroatoms. The molecular formula is C21H32O2. The van der Waals surface area contributed by atoms with Crippen molar-refractivity contribution < 1.29 is 10.2 Å². The summed E-state index contributed by atoms with van der Waals surface area (Å²) in [6.07, 6.45) is 14.2. The number of rotatable bonds is 2. The first kappa shape index (κ1) is 15.9. The van der Waals surface area contributed by atoms with Gasteiger partial charge in [0.25, 0.3) is 0 Å². The molecule has 3 saturated carbocycles. The van der Waals surface area contributed by atoms with Gasteiger partial charge in [-0.3, -0.25) is 0 Å². The standard InChI is InChI=1S/C21H32O2/c1-3-10-21-12-8-15(22)13-14(21)4-5-16-17-6-7-19(23)20(17,2)11-9-18(16)21/h3-4,15-19,22-23H,1,5-13H2,2H3/t15?,16-,17-,18+,19?,20-,21-/m0/s1. The molecule has 23 heavy (non-hydrogen) atoms. The van der Waals surface area contributed by atoms with Gasteiger partial charge in [0.2, 0.25) is 0 Å². The highest BCUT2D eigenvalue weighted by Gasteiger charge is 2.59. The second-order valence-electron chi connectivity index (χ2n) is 9.03. The van der Waals surface area contributed by atoms with Gasteiger partial charge in [-0.15, -0.1) is 6.58 Å². The van der Waals surface area contributed by atoms with E-state index in [1.807, 2.05) is 0 Å². The highest BCUT2D eigenvalue weighted by atomic mass is 16.3. The Morgan fingerprint density at radius 2 is 2.00 bits per heavy atom. The molecule has 0 amide bonds. The predicted octanol–water partition coefficient (Wildman–Crippen LogP) is 4.23. The fraction of sp³-hybridized carbons (Fsp3) is 0.810. The van der Waals surface area contributed by atoms with Crippen molar-refractivity contribution in [2.24, 2.45) is 28.6 Å². The summed E-state index contributed by atoms with van der Waals surface area (Å²) in [5.74, 6) is 2.14. The van der Waals surface area contributed by atoms with E-state index in [-0.39, 0.29) is 23.0 Å². The average Bonchev–Trinajstić information content (AvgIpc) is 2.84. The van der Waals surface area contributed by atoms with Crippen molar-refractivity contribution in [2.45, 2.75) is 76.9 Å². The number of hydrogen-bond donors (Lipinski definition) is 2. The summed E-state index contributed by atoms with van der Waals surface area (Å²) in [5.41, 5.74) is 1.94. The molecular weight excluding hydrogens is 284 g/mol. The monoisotopic (exact) mass is 316 g/mol. The van der Waals surface area contributed by atoms with Crippen LogP contribution in [0.1, 0.15) is 64.7 Å². The zero-order valence-electron chi connectivity index (χ0n) is 14.5. The Bertz CT molecular complexity index is 524. The van der Waals surface area contributed by atoms with Crippen LogP contribution in [-0.4, -0.2) is 22.4 Å². The van der Waals surface area contributed by atoms with Gasteiger partial charge in [-0.25, -0.2) is 0 Å². The van der Waals surface area contributed by atoms with E-state index in [9.17, 15) is 10.2 Å². The Hall–Kier alpha value is -0.600. The van der Waals surface area contributed by atoms with Crippen molar-refractivity contribution >= 4 is 0 Å². The van der Waals surface area contributed by atoms with Crippen LogP contribution < -0.4 is 0 Å². The number of aliphatic hydroxyl groups is 2. The summed E-state index contributed by atoms with van der Waals surface area (Å²) in [5, 5.41) is 20.7. The van der Waals surface area contributed by atoms with Crippen molar-refractivity contribution in [2.75, 3.05) is 0 Å². The first-order valence-electron chi connectivity index (χ1n) is 9.68. The molecule has 0 saturated heterocycles.